The molecule has 0 aromatic heterocycles. The number of methoxy groups -OCH3 is 1. The van der Waals surface area contributed by atoms with Crippen molar-refractivity contribution in [2.45, 2.75) is 95.6 Å². The number of esters is 1. The van der Waals surface area contributed by atoms with Gasteiger partial charge in [-0.15, -0.1) is 0 Å². The van der Waals surface area contributed by atoms with E-state index in [4.69, 9.17) is 9.47 Å². The number of likely N-dealkylation sites (tertiary alicyclic amines) is 1. The number of fused-ring (bicyclic) bond motifs is 1. The van der Waals surface area contributed by atoms with Crippen LogP contribution in [0.2, 0.25) is 0 Å². The van der Waals surface area contributed by atoms with Gasteiger partial charge in [0.05, 0.1) is 5.60 Å². The minimum Gasteiger partial charge on any atom is -0.427 e. The van der Waals surface area contributed by atoms with E-state index < -0.39 is 0 Å². The van der Waals surface area contributed by atoms with Crippen molar-refractivity contribution in [2.75, 3.05) is 33.8 Å². The summed E-state index contributed by atoms with van der Waals surface area (Å²) in [5.41, 5.74) is 1.87. The molecule has 2 aromatic rings. The highest BCUT2D eigenvalue weighted by Crippen LogP contribution is 2.54. The SMILES string of the molecule is CO[C@]12CC[C@H](N(CC(C)C)C(=O)CCCCCc3ccccc3)C[C@]1(c1cccc(OC(C)=O)c1)CCN(C)C2. The third kappa shape index (κ3) is 7.39. The van der Waals surface area contributed by atoms with Crippen molar-refractivity contribution in [1.82, 2.24) is 9.80 Å². The highest BCUT2D eigenvalue weighted by molar-refractivity contribution is 5.76. The summed E-state index contributed by atoms with van der Waals surface area (Å²) >= 11 is 0. The van der Waals surface area contributed by atoms with E-state index in [1.165, 1.54) is 12.5 Å². The van der Waals surface area contributed by atoms with Crippen LogP contribution in [-0.2, 0) is 26.2 Å². The Labute approximate surface area is 247 Å². The molecule has 1 saturated carbocycles. The van der Waals surface area contributed by atoms with Gasteiger partial charge in [0.15, 0.2) is 0 Å². The molecule has 0 radical (unpaired) electrons. The molecule has 0 unspecified atom stereocenters. The number of carbonyl (C=O) groups is 2. The third-order valence-electron chi connectivity index (χ3n) is 9.34. The number of unbranched alkanes of at least 4 members (excludes halogenated alkanes) is 2. The summed E-state index contributed by atoms with van der Waals surface area (Å²) in [6.07, 6.45) is 8.36. The maximum absolute atomic E-state index is 13.8. The molecule has 6 nitrogen and oxygen atoms in total. The van der Waals surface area contributed by atoms with Gasteiger partial charge in [0.25, 0.3) is 0 Å². The van der Waals surface area contributed by atoms with E-state index in [-0.39, 0.29) is 28.9 Å². The molecule has 0 N–H and O–H groups in total. The Bertz CT molecular complexity index is 1150. The summed E-state index contributed by atoms with van der Waals surface area (Å²) < 4.78 is 12.0. The summed E-state index contributed by atoms with van der Waals surface area (Å²) in [4.78, 5) is 30.2. The lowest BCUT2D eigenvalue weighted by Crippen LogP contribution is -2.67. The molecule has 2 aliphatic rings. The number of hydrogen-bond acceptors (Lipinski definition) is 5. The number of aryl methyl sites for hydroxylation is 1. The highest BCUT2D eigenvalue weighted by atomic mass is 16.5. The number of ether oxygens (including phenoxy) is 2. The Kier molecular flexibility index (Phi) is 10.6. The second-order valence-electron chi connectivity index (χ2n) is 12.8. The second-order valence-corrected chi connectivity index (χ2v) is 12.8. The van der Waals surface area contributed by atoms with Crippen molar-refractivity contribution < 1.29 is 19.1 Å². The van der Waals surface area contributed by atoms with Crippen molar-refractivity contribution in [2.24, 2.45) is 5.92 Å². The molecule has 1 amide bonds. The van der Waals surface area contributed by atoms with Gasteiger partial charge in [-0.05, 0) is 87.7 Å². The standard InChI is InChI=1S/C35H50N2O4/c1-27(2)25-37(33(39)18-11-7-10-15-29-13-8-6-9-14-29)31-19-20-35(40-5)26-36(4)22-21-34(35,24-31)30-16-12-17-32(23-30)41-28(3)38/h6,8-9,12-14,16-17,23,27,31H,7,10-11,15,18-22,24-26H2,1-5H3/t31-,34-,35-/m0/s1. The van der Waals surface area contributed by atoms with Crippen LogP contribution in [0.3, 0.4) is 0 Å². The topological polar surface area (TPSA) is 59.1 Å². The Morgan fingerprint density at radius 3 is 2.54 bits per heavy atom. The fourth-order valence-corrected chi connectivity index (χ4v) is 7.38. The summed E-state index contributed by atoms with van der Waals surface area (Å²) in [6.45, 7) is 8.42. The smallest absolute Gasteiger partial charge is 0.308 e. The van der Waals surface area contributed by atoms with Crippen LogP contribution in [0.25, 0.3) is 0 Å². The van der Waals surface area contributed by atoms with E-state index in [9.17, 15) is 9.59 Å². The summed E-state index contributed by atoms with van der Waals surface area (Å²) in [5, 5.41) is 0. The van der Waals surface area contributed by atoms with Crippen molar-refractivity contribution in [3.63, 3.8) is 0 Å². The van der Waals surface area contributed by atoms with Gasteiger partial charge in [0.2, 0.25) is 5.91 Å². The molecule has 1 heterocycles. The monoisotopic (exact) mass is 562 g/mol. The summed E-state index contributed by atoms with van der Waals surface area (Å²) in [6, 6.07) is 18.8. The molecule has 224 valence electrons. The van der Waals surface area contributed by atoms with E-state index in [1.54, 1.807) is 0 Å². The Balaban J connectivity index is 1.54. The molecule has 0 spiro atoms. The average molecular weight is 563 g/mol. The second kappa shape index (κ2) is 14.0. The number of hydrogen-bond donors (Lipinski definition) is 0. The first kappa shape index (κ1) is 31.2. The molecule has 1 saturated heterocycles. The maximum Gasteiger partial charge on any atom is 0.308 e. The molecule has 41 heavy (non-hydrogen) atoms. The molecular weight excluding hydrogens is 512 g/mol. The Hall–Kier alpha value is -2.70. The first-order chi connectivity index (χ1) is 19.7. The number of piperidine rings is 1. The number of benzene rings is 2. The number of amides is 1. The Morgan fingerprint density at radius 1 is 1.05 bits per heavy atom. The molecule has 2 aromatic carbocycles. The lowest BCUT2D eigenvalue weighted by atomic mass is 9.55. The van der Waals surface area contributed by atoms with Crippen molar-refractivity contribution in [3.8, 4) is 5.75 Å². The Morgan fingerprint density at radius 2 is 1.83 bits per heavy atom. The van der Waals surface area contributed by atoms with Gasteiger partial charge in [-0.1, -0.05) is 62.7 Å². The van der Waals surface area contributed by atoms with E-state index in [1.807, 2.05) is 25.3 Å². The molecule has 4 rings (SSSR count). The third-order valence-corrected chi connectivity index (χ3v) is 9.34. The molecule has 6 heteroatoms. The van der Waals surface area contributed by atoms with E-state index in [2.05, 4.69) is 67.1 Å². The summed E-state index contributed by atoms with van der Waals surface area (Å²) in [5.74, 6) is 0.929. The maximum atomic E-state index is 13.8. The first-order valence-electron chi connectivity index (χ1n) is 15.5. The van der Waals surface area contributed by atoms with Crippen LogP contribution >= 0.6 is 0 Å². The average Bonchev–Trinajstić information content (AvgIpc) is 2.95. The zero-order valence-corrected chi connectivity index (χ0v) is 25.9. The zero-order valence-electron chi connectivity index (χ0n) is 25.9. The lowest BCUT2D eigenvalue weighted by molar-refractivity contribution is -0.160. The predicted octanol–water partition coefficient (Wildman–Crippen LogP) is 6.41. The van der Waals surface area contributed by atoms with Crippen LogP contribution in [0.15, 0.2) is 54.6 Å². The number of likely N-dealkylation sites (N-methyl/N-ethyl adjacent to an activating group) is 1. The number of carbonyl (C=O) groups excluding carboxylic acids is 2. The molecule has 1 aliphatic heterocycles. The number of nitrogens with zero attached hydrogens (tertiary/aromatic N) is 2. The van der Waals surface area contributed by atoms with E-state index >= 15 is 0 Å². The first-order valence-corrected chi connectivity index (χ1v) is 15.5. The van der Waals surface area contributed by atoms with Gasteiger partial charge < -0.3 is 19.3 Å². The fraction of sp³-hybridized carbons (Fsp3) is 0.600. The minimum absolute atomic E-state index is 0.151. The molecule has 3 atom stereocenters. The molecule has 0 bridgehead atoms. The van der Waals surface area contributed by atoms with Crippen LogP contribution in [-0.4, -0.2) is 67.1 Å². The van der Waals surface area contributed by atoms with Crippen molar-refractivity contribution >= 4 is 11.9 Å². The van der Waals surface area contributed by atoms with E-state index in [0.29, 0.717) is 18.1 Å². The van der Waals surface area contributed by atoms with Gasteiger partial charge in [0, 0.05) is 45.0 Å². The quantitative estimate of drug-likeness (QED) is 0.170. The number of rotatable bonds is 12. The van der Waals surface area contributed by atoms with Gasteiger partial charge in [-0.25, -0.2) is 0 Å². The molecule has 2 fully saturated rings. The zero-order chi connectivity index (χ0) is 29.5. The van der Waals surface area contributed by atoms with Crippen LogP contribution < -0.4 is 4.74 Å². The van der Waals surface area contributed by atoms with Crippen LogP contribution in [0, 0.1) is 5.92 Å². The van der Waals surface area contributed by atoms with Gasteiger partial charge in [0.1, 0.15) is 5.75 Å². The minimum atomic E-state index is -0.366. The summed E-state index contributed by atoms with van der Waals surface area (Å²) in [7, 11) is 4.01. The van der Waals surface area contributed by atoms with Gasteiger partial charge in [-0.3, -0.25) is 9.59 Å². The predicted molar refractivity (Wildman–Crippen MR) is 164 cm³/mol. The molecular formula is C35H50N2O4. The van der Waals surface area contributed by atoms with Crippen LogP contribution in [0.5, 0.6) is 5.75 Å². The van der Waals surface area contributed by atoms with E-state index in [0.717, 1.165) is 76.6 Å². The molecule has 1 aliphatic carbocycles. The van der Waals surface area contributed by atoms with Crippen LogP contribution in [0.4, 0.5) is 0 Å². The van der Waals surface area contributed by atoms with Gasteiger partial charge >= 0.3 is 5.97 Å². The van der Waals surface area contributed by atoms with Crippen molar-refractivity contribution in [1.29, 1.82) is 0 Å². The fourth-order valence-electron chi connectivity index (χ4n) is 7.38. The largest absolute Gasteiger partial charge is 0.427 e. The van der Waals surface area contributed by atoms with Crippen molar-refractivity contribution in [3.05, 3.63) is 65.7 Å². The van der Waals surface area contributed by atoms with Gasteiger partial charge in [-0.2, -0.15) is 0 Å². The van der Waals surface area contributed by atoms with Crippen LogP contribution in [0.1, 0.15) is 83.3 Å². The lowest BCUT2D eigenvalue weighted by Gasteiger charge is -2.60. The normalized spacial score (nSPS) is 24.6. The highest BCUT2D eigenvalue weighted by Gasteiger charge is 2.59.